The molecule has 0 radical (unpaired) electrons. The van der Waals surface area contributed by atoms with E-state index in [2.05, 4.69) is 23.2 Å². The normalized spacial score (nSPS) is 40.6. The standard InChI is InChI=1S/C23H30N2O3/c1-13(26)24-16-7-8-22(2)18-11-15-5-6-17(27)20-19(15)23(22,21(16)28-20)9-10-25(18)12-14-3-4-14/h5-6,14,16,18,21,27H,3-4,7-12H2,1-2H3,(H,24,26)/t16-,18-,21+,22+,23+/m1/s1. The van der Waals surface area contributed by atoms with Gasteiger partial charge >= 0.3 is 0 Å². The van der Waals surface area contributed by atoms with Crippen molar-refractivity contribution in [1.29, 1.82) is 0 Å². The number of piperidine rings is 1. The van der Waals surface area contributed by atoms with Crippen molar-refractivity contribution in [2.45, 2.75) is 76.0 Å². The highest BCUT2D eigenvalue weighted by molar-refractivity contribution is 5.73. The molecule has 1 amide bonds. The van der Waals surface area contributed by atoms with E-state index in [1.54, 1.807) is 13.0 Å². The molecule has 2 aliphatic heterocycles. The number of phenols is 1. The summed E-state index contributed by atoms with van der Waals surface area (Å²) in [5, 5.41) is 13.8. The summed E-state index contributed by atoms with van der Waals surface area (Å²) in [6.45, 7) is 6.40. The van der Waals surface area contributed by atoms with Gasteiger partial charge in [-0.05, 0) is 68.0 Å². The number of aromatic hydroxyl groups is 1. The molecule has 5 atom stereocenters. The quantitative estimate of drug-likeness (QED) is 0.844. The Kier molecular flexibility index (Phi) is 3.33. The summed E-state index contributed by atoms with van der Waals surface area (Å²) in [6.07, 6.45) is 6.83. The second-order valence-corrected chi connectivity index (χ2v) is 10.1. The third-order valence-electron chi connectivity index (χ3n) is 8.72. The zero-order valence-corrected chi connectivity index (χ0v) is 16.8. The van der Waals surface area contributed by atoms with Crippen LogP contribution < -0.4 is 10.1 Å². The van der Waals surface area contributed by atoms with Crippen molar-refractivity contribution in [2.24, 2.45) is 11.3 Å². The Hall–Kier alpha value is -1.75. The van der Waals surface area contributed by atoms with Crippen LogP contribution in [0.25, 0.3) is 0 Å². The van der Waals surface area contributed by atoms with Crippen LogP contribution in [0.1, 0.15) is 57.1 Å². The van der Waals surface area contributed by atoms with Gasteiger partial charge in [-0.2, -0.15) is 0 Å². The number of hydrogen-bond acceptors (Lipinski definition) is 4. The average molecular weight is 383 g/mol. The highest BCUT2D eigenvalue weighted by Crippen LogP contribution is 2.69. The lowest BCUT2D eigenvalue weighted by molar-refractivity contribution is -0.134. The molecule has 1 spiro atoms. The largest absolute Gasteiger partial charge is 0.504 e. The molecular formula is C23H30N2O3. The number of amides is 1. The van der Waals surface area contributed by atoms with Gasteiger partial charge in [0.15, 0.2) is 11.5 Å². The number of likely N-dealkylation sites (tertiary alicyclic amines) is 1. The third-order valence-corrected chi connectivity index (χ3v) is 8.72. The number of carbonyl (C=O) groups excluding carboxylic acids is 1. The maximum absolute atomic E-state index is 11.9. The smallest absolute Gasteiger partial charge is 0.217 e. The van der Waals surface area contributed by atoms with E-state index in [0.717, 1.165) is 38.1 Å². The first-order valence-corrected chi connectivity index (χ1v) is 11.0. The van der Waals surface area contributed by atoms with E-state index in [0.29, 0.717) is 11.8 Å². The predicted octanol–water partition coefficient (Wildman–Crippen LogP) is 2.74. The summed E-state index contributed by atoms with van der Waals surface area (Å²) in [7, 11) is 0. The highest BCUT2D eigenvalue weighted by atomic mass is 16.5. The Morgan fingerprint density at radius 2 is 2.14 bits per heavy atom. The topological polar surface area (TPSA) is 61.8 Å². The van der Waals surface area contributed by atoms with Crippen LogP contribution >= 0.6 is 0 Å². The lowest BCUT2D eigenvalue weighted by atomic mass is 9.43. The number of hydrogen-bond donors (Lipinski definition) is 2. The minimum Gasteiger partial charge on any atom is -0.504 e. The molecule has 5 heteroatoms. The van der Waals surface area contributed by atoms with E-state index < -0.39 is 0 Å². The van der Waals surface area contributed by atoms with Crippen LogP contribution in [0.3, 0.4) is 0 Å². The first-order chi connectivity index (χ1) is 13.4. The van der Waals surface area contributed by atoms with Crippen molar-refractivity contribution in [1.82, 2.24) is 10.2 Å². The molecule has 5 aliphatic rings. The summed E-state index contributed by atoms with van der Waals surface area (Å²) < 4.78 is 6.53. The van der Waals surface area contributed by atoms with E-state index in [4.69, 9.17) is 4.74 Å². The second-order valence-electron chi connectivity index (χ2n) is 10.1. The number of rotatable bonds is 3. The summed E-state index contributed by atoms with van der Waals surface area (Å²) in [4.78, 5) is 14.7. The molecule has 5 nitrogen and oxygen atoms in total. The monoisotopic (exact) mass is 382 g/mol. The zero-order valence-electron chi connectivity index (χ0n) is 16.8. The molecule has 1 aromatic rings. The minimum absolute atomic E-state index is 0.00698. The van der Waals surface area contributed by atoms with Crippen molar-refractivity contribution in [3.63, 3.8) is 0 Å². The molecule has 1 saturated heterocycles. The van der Waals surface area contributed by atoms with Crippen LogP contribution in [0.5, 0.6) is 11.5 Å². The van der Waals surface area contributed by atoms with E-state index in [9.17, 15) is 9.90 Å². The molecule has 28 heavy (non-hydrogen) atoms. The Labute approximate surface area is 166 Å². The number of ether oxygens (including phenoxy) is 1. The number of phenolic OH excluding ortho intramolecular Hbond substituents is 1. The Morgan fingerprint density at radius 1 is 1.32 bits per heavy atom. The molecule has 150 valence electrons. The Bertz CT molecular complexity index is 866. The molecule has 0 aromatic heterocycles. The summed E-state index contributed by atoms with van der Waals surface area (Å²) >= 11 is 0. The Morgan fingerprint density at radius 3 is 2.89 bits per heavy atom. The Balaban J connectivity index is 1.52. The van der Waals surface area contributed by atoms with Crippen LogP contribution in [0.15, 0.2) is 12.1 Å². The van der Waals surface area contributed by atoms with Crippen molar-refractivity contribution in [2.75, 3.05) is 13.1 Å². The van der Waals surface area contributed by atoms with E-state index in [1.165, 1.54) is 30.5 Å². The van der Waals surface area contributed by atoms with Gasteiger partial charge < -0.3 is 15.2 Å². The highest BCUT2D eigenvalue weighted by Gasteiger charge is 2.71. The summed E-state index contributed by atoms with van der Waals surface area (Å²) in [6, 6.07) is 4.46. The first kappa shape index (κ1) is 17.1. The van der Waals surface area contributed by atoms with Crippen LogP contribution in [0.4, 0.5) is 0 Å². The molecule has 2 N–H and O–H groups in total. The molecule has 6 rings (SSSR count). The molecular weight excluding hydrogens is 352 g/mol. The molecule has 2 heterocycles. The first-order valence-electron chi connectivity index (χ1n) is 11.0. The van der Waals surface area contributed by atoms with Gasteiger partial charge in [-0.25, -0.2) is 0 Å². The van der Waals surface area contributed by atoms with Gasteiger partial charge in [0.1, 0.15) is 6.10 Å². The van der Waals surface area contributed by atoms with E-state index in [-0.39, 0.29) is 34.6 Å². The SMILES string of the molecule is CC(=O)N[C@@H]1CC[C@@]2(C)[C@H]3Cc4ccc(O)c5c4[C@@]2(CCN3CC2CC2)[C@H]1O5. The minimum atomic E-state index is -0.106. The summed E-state index contributed by atoms with van der Waals surface area (Å²) in [5.41, 5.74) is 2.62. The fraction of sp³-hybridized carbons (Fsp3) is 0.696. The molecule has 3 aliphatic carbocycles. The summed E-state index contributed by atoms with van der Waals surface area (Å²) in [5.74, 6) is 1.85. The van der Waals surface area contributed by atoms with Crippen molar-refractivity contribution in [3.05, 3.63) is 23.3 Å². The van der Waals surface area contributed by atoms with Crippen molar-refractivity contribution < 1.29 is 14.6 Å². The molecule has 2 bridgehead atoms. The molecule has 0 unspecified atom stereocenters. The molecule has 1 aromatic carbocycles. The van der Waals surface area contributed by atoms with Gasteiger partial charge in [-0.1, -0.05) is 13.0 Å². The number of nitrogens with one attached hydrogen (secondary N) is 1. The maximum atomic E-state index is 11.9. The average Bonchev–Trinajstić information content (AvgIpc) is 3.38. The van der Waals surface area contributed by atoms with Crippen LogP contribution in [0.2, 0.25) is 0 Å². The zero-order chi connectivity index (χ0) is 19.3. The van der Waals surface area contributed by atoms with Crippen molar-refractivity contribution >= 4 is 5.91 Å². The predicted molar refractivity (Wildman–Crippen MR) is 106 cm³/mol. The van der Waals surface area contributed by atoms with Gasteiger partial charge in [0.2, 0.25) is 5.91 Å². The van der Waals surface area contributed by atoms with Crippen LogP contribution in [-0.2, 0) is 16.6 Å². The van der Waals surface area contributed by atoms with E-state index in [1.807, 2.05) is 0 Å². The second kappa shape index (κ2) is 5.44. The lowest BCUT2D eigenvalue weighted by Crippen LogP contribution is -2.73. The maximum Gasteiger partial charge on any atom is 0.217 e. The molecule has 3 fully saturated rings. The van der Waals surface area contributed by atoms with Gasteiger partial charge in [0.25, 0.3) is 0 Å². The van der Waals surface area contributed by atoms with Gasteiger partial charge in [-0.3, -0.25) is 9.69 Å². The van der Waals surface area contributed by atoms with Gasteiger partial charge in [0.05, 0.1) is 6.04 Å². The van der Waals surface area contributed by atoms with Crippen LogP contribution in [0, 0.1) is 11.3 Å². The number of carbonyl (C=O) groups is 1. The van der Waals surface area contributed by atoms with Gasteiger partial charge in [0, 0.05) is 30.5 Å². The number of nitrogens with zero attached hydrogens (tertiary/aromatic N) is 1. The number of benzene rings is 1. The van der Waals surface area contributed by atoms with Crippen molar-refractivity contribution in [3.8, 4) is 11.5 Å². The van der Waals surface area contributed by atoms with E-state index >= 15 is 0 Å². The van der Waals surface area contributed by atoms with Crippen LogP contribution in [-0.4, -0.2) is 47.2 Å². The van der Waals surface area contributed by atoms with Gasteiger partial charge in [-0.15, -0.1) is 0 Å². The third kappa shape index (κ3) is 1.99. The molecule has 2 saturated carbocycles. The fourth-order valence-electron chi connectivity index (χ4n) is 7.34. The lowest BCUT2D eigenvalue weighted by Gasteiger charge is -2.65. The fourth-order valence-corrected chi connectivity index (χ4v) is 7.34.